The van der Waals surface area contributed by atoms with Crippen LogP contribution in [0.25, 0.3) is 0 Å². The zero-order valence-electron chi connectivity index (χ0n) is 17.4. The van der Waals surface area contributed by atoms with Crippen LogP contribution in [-0.2, 0) is 14.4 Å². The number of pyridine rings is 1. The third-order valence-electron chi connectivity index (χ3n) is 5.87. The highest BCUT2D eigenvalue weighted by atomic mass is 16.2. The van der Waals surface area contributed by atoms with Crippen molar-refractivity contribution in [2.24, 2.45) is 5.92 Å². The molecule has 1 aromatic heterocycles. The highest BCUT2D eigenvalue weighted by Crippen LogP contribution is 2.24. The molecule has 3 amide bonds. The number of benzene rings is 1. The second kappa shape index (κ2) is 9.59. The van der Waals surface area contributed by atoms with E-state index in [9.17, 15) is 14.4 Å². The summed E-state index contributed by atoms with van der Waals surface area (Å²) in [6.07, 6.45) is 6.89. The summed E-state index contributed by atoms with van der Waals surface area (Å²) in [6.45, 7) is 2.96. The van der Waals surface area contributed by atoms with Gasteiger partial charge in [-0.3, -0.25) is 19.4 Å². The number of piperidine rings is 1. The molecule has 0 atom stereocenters. The van der Waals surface area contributed by atoms with Crippen molar-refractivity contribution in [3.05, 3.63) is 48.8 Å². The number of hydrogen-bond acceptors (Lipinski definition) is 5. The molecular weight excluding hydrogens is 394 g/mol. The van der Waals surface area contributed by atoms with Gasteiger partial charge in [-0.05, 0) is 55.5 Å². The first-order chi connectivity index (χ1) is 15.1. The van der Waals surface area contributed by atoms with E-state index in [1.165, 1.54) is 0 Å². The van der Waals surface area contributed by atoms with E-state index in [0.717, 1.165) is 43.7 Å². The average Bonchev–Trinajstić information content (AvgIpc) is 3.24. The molecule has 2 aliphatic rings. The van der Waals surface area contributed by atoms with Gasteiger partial charge in [0.2, 0.25) is 5.91 Å². The molecule has 2 aromatic rings. The number of amides is 3. The number of aromatic nitrogens is 1. The minimum Gasteiger partial charge on any atom is -0.370 e. The molecule has 0 unspecified atom stereocenters. The van der Waals surface area contributed by atoms with Gasteiger partial charge in [0.15, 0.2) is 0 Å². The fourth-order valence-electron chi connectivity index (χ4n) is 4.11. The van der Waals surface area contributed by atoms with Gasteiger partial charge in [0.1, 0.15) is 0 Å². The van der Waals surface area contributed by atoms with E-state index in [-0.39, 0.29) is 5.91 Å². The fraction of sp³-hybridized carbons (Fsp3) is 0.391. The summed E-state index contributed by atoms with van der Waals surface area (Å²) in [5.74, 6) is -0.917. The molecule has 2 fully saturated rings. The second-order valence-electron chi connectivity index (χ2n) is 8.01. The van der Waals surface area contributed by atoms with Crippen molar-refractivity contribution in [1.82, 2.24) is 10.3 Å². The van der Waals surface area contributed by atoms with Crippen LogP contribution >= 0.6 is 0 Å². The van der Waals surface area contributed by atoms with E-state index in [4.69, 9.17) is 0 Å². The van der Waals surface area contributed by atoms with E-state index in [1.807, 2.05) is 24.4 Å². The number of nitrogens with zero attached hydrogens (tertiary/aromatic N) is 3. The highest BCUT2D eigenvalue weighted by molar-refractivity contribution is 6.39. The van der Waals surface area contributed by atoms with Gasteiger partial charge >= 0.3 is 11.8 Å². The van der Waals surface area contributed by atoms with Gasteiger partial charge in [0.25, 0.3) is 0 Å². The Morgan fingerprint density at radius 2 is 1.84 bits per heavy atom. The highest BCUT2D eigenvalue weighted by Gasteiger charge is 2.23. The molecule has 8 nitrogen and oxygen atoms in total. The van der Waals surface area contributed by atoms with Gasteiger partial charge in [-0.2, -0.15) is 0 Å². The SMILES string of the molecule is O=C(NCC1CCN(c2cccnc2)CC1)C(=O)Nc1cccc(N2CCCC2=O)c1. The predicted molar refractivity (Wildman–Crippen MR) is 119 cm³/mol. The van der Waals surface area contributed by atoms with Gasteiger partial charge in [-0.1, -0.05) is 6.07 Å². The standard InChI is InChI=1S/C23H27N5O3/c29-21-7-3-11-28(21)19-5-1-4-18(14-19)26-23(31)22(30)25-15-17-8-12-27(13-9-17)20-6-2-10-24-16-20/h1-2,4-6,10,14,16-17H,3,7-9,11-13,15H2,(H,25,30)(H,26,31). The lowest BCUT2D eigenvalue weighted by molar-refractivity contribution is -0.136. The first-order valence-corrected chi connectivity index (χ1v) is 10.7. The largest absolute Gasteiger partial charge is 0.370 e. The molecule has 0 bridgehead atoms. The quantitative estimate of drug-likeness (QED) is 0.722. The summed E-state index contributed by atoms with van der Waals surface area (Å²) >= 11 is 0. The Balaban J connectivity index is 1.23. The summed E-state index contributed by atoms with van der Waals surface area (Å²) in [5.41, 5.74) is 2.35. The molecule has 2 aliphatic heterocycles. The Kier molecular flexibility index (Phi) is 6.45. The molecule has 0 radical (unpaired) electrons. The topological polar surface area (TPSA) is 94.6 Å². The molecular formula is C23H27N5O3. The number of nitrogens with one attached hydrogen (secondary N) is 2. The van der Waals surface area contributed by atoms with E-state index < -0.39 is 11.8 Å². The van der Waals surface area contributed by atoms with E-state index in [1.54, 1.807) is 29.3 Å². The van der Waals surface area contributed by atoms with Crippen molar-refractivity contribution >= 4 is 34.8 Å². The van der Waals surface area contributed by atoms with Crippen LogP contribution in [0.4, 0.5) is 17.1 Å². The first-order valence-electron chi connectivity index (χ1n) is 10.7. The molecule has 3 heterocycles. The van der Waals surface area contributed by atoms with Crippen LogP contribution < -0.4 is 20.4 Å². The number of anilines is 3. The Morgan fingerprint density at radius 3 is 2.55 bits per heavy atom. The van der Waals surface area contributed by atoms with Crippen molar-refractivity contribution < 1.29 is 14.4 Å². The van der Waals surface area contributed by atoms with E-state index in [2.05, 4.69) is 20.5 Å². The minimum atomic E-state index is -0.697. The van der Waals surface area contributed by atoms with Gasteiger partial charge in [-0.25, -0.2) is 0 Å². The second-order valence-corrected chi connectivity index (χ2v) is 8.01. The van der Waals surface area contributed by atoms with Crippen LogP contribution in [0, 0.1) is 5.92 Å². The molecule has 162 valence electrons. The van der Waals surface area contributed by atoms with Gasteiger partial charge in [-0.15, -0.1) is 0 Å². The maximum Gasteiger partial charge on any atom is 0.313 e. The van der Waals surface area contributed by atoms with Crippen LogP contribution in [0.2, 0.25) is 0 Å². The monoisotopic (exact) mass is 421 g/mol. The molecule has 2 saturated heterocycles. The molecule has 2 N–H and O–H groups in total. The summed E-state index contributed by atoms with van der Waals surface area (Å²) in [5, 5.41) is 5.39. The molecule has 0 aliphatic carbocycles. The van der Waals surface area contributed by atoms with Gasteiger partial charge < -0.3 is 20.4 Å². The minimum absolute atomic E-state index is 0.0794. The Morgan fingerprint density at radius 1 is 1.03 bits per heavy atom. The Labute approximate surface area is 181 Å². The third-order valence-corrected chi connectivity index (χ3v) is 5.87. The lowest BCUT2D eigenvalue weighted by Crippen LogP contribution is -2.41. The molecule has 1 aromatic carbocycles. The van der Waals surface area contributed by atoms with Crippen molar-refractivity contribution in [3.63, 3.8) is 0 Å². The summed E-state index contributed by atoms with van der Waals surface area (Å²) in [4.78, 5) is 44.6. The Hall–Kier alpha value is -3.42. The summed E-state index contributed by atoms with van der Waals surface area (Å²) in [6, 6.07) is 11.0. The summed E-state index contributed by atoms with van der Waals surface area (Å²) < 4.78 is 0. The van der Waals surface area contributed by atoms with E-state index in [0.29, 0.717) is 31.1 Å². The first kappa shape index (κ1) is 20.8. The third kappa shape index (κ3) is 5.20. The average molecular weight is 422 g/mol. The number of carbonyl (C=O) groups excluding carboxylic acids is 3. The number of rotatable bonds is 5. The zero-order valence-corrected chi connectivity index (χ0v) is 17.4. The lowest BCUT2D eigenvalue weighted by Gasteiger charge is -2.33. The normalized spacial score (nSPS) is 17.0. The van der Waals surface area contributed by atoms with Crippen molar-refractivity contribution in [3.8, 4) is 0 Å². The van der Waals surface area contributed by atoms with Crippen LogP contribution in [0.3, 0.4) is 0 Å². The zero-order chi connectivity index (χ0) is 21.6. The van der Waals surface area contributed by atoms with Crippen LogP contribution in [0.5, 0.6) is 0 Å². The van der Waals surface area contributed by atoms with Crippen molar-refractivity contribution in [1.29, 1.82) is 0 Å². The van der Waals surface area contributed by atoms with Crippen molar-refractivity contribution in [2.75, 3.05) is 41.3 Å². The van der Waals surface area contributed by atoms with Crippen LogP contribution in [0.1, 0.15) is 25.7 Å². The number of carbonyl (C=O) groups is 3. The van der Waals surface area contributed by atoms with Gasteiger partial charge in [0, 0.05) is 50.2 Å². The molecule has 0 spiro atoms. The van der Waals surface area contributed by atoms with Gasteiger partial charge in [0.05, 0.1) is 11.9 Å². The molecule has 8 heteroatoms. The molecule has 4 rings (SSSR count). The maximum absolute atomic E-state index is 12.3. The maximum atomic E-state index is 12.3. The Bertz CT molecular complexity index is 941. The smallest absolute Gasteiger partial charge is 0.313 e. The van der Waals surface area contributed by atoms with Crippen molar-refractivity contribution in [2.45, 2.75) is 25.7 Å². The van der Waals surface area contributed by atoms with Crippen LogP contribution in [0.15, 0.2) is 48.8 Å². The fourth-order valence-corrected chi connectivity index (χ4v) is 4.11. The number of hydrogen-bond donors (Lipinski definition) is 2. The lowest BCUT2D eigenvalue weighted by atomic mass is 9.96. The molecule has 0 saturated carbocycles. The predicted octanol–water partition coefficient (Wildman–Crippen LogP) is 2.18. The summed E-state index contributed by atoms with van der Waals surface area (Å²) in [7, 11) is 0. The van der Waals surface area contributed by atoms with E-state index >= 15 is 0 Å². The van der Waals surface area contributed by atoms with Crippen LogP contribution in [-0.4, -0.2) is 48.9 Å². The molecule has 31 heavy (non-hydrogen) atoms.